The van der Waals surface area contributed by atoms with E-state index in [1.165, 1.54) is 4.31 Å². The molecule has 2 fully saturated rings. The SMILES string of the molecule is Cc1ccc(S(=O)(=O)N2CCCC(C(=O)NC3CCC(N)CC3)C2)cc1.Cl. The standard InChI is InChI=1S/C19H29N3O3S.ClH/c1-14-4-10-18(11-5-14)26(24,25)22-12-2-3-15(13-22)19(23)21-17-8-6-16(20)7-9-17;/h4-5,10-11,15-17H,2-3,6-9,12-13,20H2,1H3,(H,21,23);1H. The van der Waals surface area contributed by atoms with Crippen LogP contribution in [-0.2, 0) is 14.8 Å². The van der Waals surface area contributed by atoms with E-state index < -0.39 is 10.0 Å². The van der Waals surface area contributed by atoms with Gasteiger partial charge in [-0.1, -0.05) is 17.7 Å². The molecule has 1 amide bonds. The van der Waals surface area contributed by atoms with Crippen LogP contribution in [-0.4, -0.2) is 43.8 Å². The number of carbonyl (C=O) groups is 1. The predicted octanol–water partition coefficient (Wildman–Crippen LogP) is 2.20. The Hall–Kier alpha value is -1.15. The number of nitrogens with two attached hydrogens (primary N) is 1. The van der Waals surface area contributed by atoms with E-state index in [9.17, 15) is 13.2 Å². The minimum Gasteiger partial charge on any atom is -0.353 e. The lowest BCUT2D eigenvalue weighted by atomic mass is 9.91. The fourth-order valence-corrected chi connectivity index (χ4v) is 5.34. The van der Waals surface area contributed by atoms with Crippen LogP contribution in [0, 0.1) is 12.8 Å². The molecule has 1 heterocycles. The number of amides is 1. The molecule has 1 aromatic rings. The number of hydrogen-bond acceptors (Lipinski definition) is 4. The zero-order valence-electron chi connectivity index (χ0n) is 15.8. The Morgan fingerprint density at radius 1 is 1.11 bits per heavy atom. The van der Waals surface area contributed by atoms with Crippen LogP contribution in [0.25, 0.3) is 0 Å². The highest BCUT2D eigenvalue weighted by Gasteiger charge is 2.34. The number of rotatable bonds is 4. The van der Waals surface area contributed by atoms with Crippen LogP contribution in [0.3, 0.4) is 0 Å². The molecule has 0 spiro atoms. The second-order valence-corrected chi connectivity index (χ2v) is 9.57. The van der Waals surface area contributed by atoms with Crippen LogP contribution in [0.1, 0.15) is 44.1 Å². The van der Waals surface area contributed by atoms with Gasteiger partial charge in [0.15, 0.2) is 0 Å². The fourth-order valence-electron chi connectivity index (χ4n) is 3.82. The van der Waals surface area contributed by atoms with Crippen molar-refractivity contribution in [1.29, 1.82) is 0 Å². The highest BCUT2D eigenvalue weighted by atomic mass is 35.5. The van der Waals surface area contributed by atoms with Gasteiger partial charge in [-0.15, -0.1) is 12.4 Å². The summed E-state index contributed by atoms with van der Waals surface area (Å²) >= 11 is 0. The van der Waals surface area contributed by atoms with Crippen LogP contribution in [0.4, 0.5) is 0 Å². The zero-order valence-corrected chi connectivity index (χ0v) is 17.4. The summed E-state index contributed by atoms with van der Waals surface area (Å²) in [6, 6.07) is 7.29. The third kappa shape index (κ3) is 5.44. The number of hydrogen-bond donors (Lipinski definition) is 2. The molecular weight excluding hydrogens is 386 g/mol. The Balaban J connectivity index is 0.00000261. The molecule has 0 radical (unpaired) electrons. The van der Waals surface area contributed by atoms with E-state index in [1.807, 2.05) is 6.92 Å². The second-order valence-electron chi connectivity index (χ2n) is 7.64. The molecule has 27 heavy (non-hydrogen) atoms. The molecule has 3 N–H and O–H groups in total. The largest absolute Gasteiger partial charge is 0.353 e. The number of halogens is 1. The Morgan fingerprint density at radius 3 is 2.37 bits per heavy atom. The number of nitrogens with one attached hydrogen (secondary N) is 1. The van der Waals surface area contributed by atoms with Gasteiger partial charge >= 0.3 is 0 Å². The van der Waals surface area contributed by atoms with Crippen molar-refractivity contribution in [2.45, 2.75) is 62.4 Å². The molecule has 3 rings (SSSR count). The van der Waals surface area contributed by atoms with Gasteiger partial charge in [0, 0.05) is 25.2 Å². The van der Waals surface area contributed by atoms with Crippen LogP contribution >= 0.6 is 12.4 Å². The van der Waals surface area contributed by atoms with E-state index in [0.29, 0.717) is 17.9 Å². The predicted molar refractivity (Wildman–Crippen MR) is 108 cm³/mol. The van der Waals surface area contributed by atoms with Gasteiger partial charge in [-0.25, -0.2) is 8.42 Å². The molecule has 0 bridgehead atoms. The van der Waals surface area contributed by atoms with Crippen molar-refractivity contribution in [1.82, 2.24) is 9.62 Å². The topological polar surface area (TPSA) is 92.5 Å². The summed E-state index contributed by atoms with van der Waals surface area (Å²) in [7, 11) is -3.55. The van der Waals surface area contributed by atoms with E-state index in [2.05, 4.69) is 5.32 Å². The molecule has 1 atom stereocenters. The maximum atomic E-state index is 12.9. The summed E-state index contributed by atoms with van der Waals surface area (Å²) < 4.78 is 27.2. The van der Waals surface area contributed by atoms with Gasteiger partial charge in [0.05, 0.1) is 10.8 Å². The Labute approximate surface area is 168 Å². The maximum absolute atomic E-state index is 12.9. The van der Waals surface area contributed by atoms with Gasteiger partial charge in [-0.2, -0.15) is 4.31 Å². The number of sulfonamides is 1. The summed E-state index contributed by atoms with van der Waals surface area (Å²) in [5.41, 5.74) is 6.94. The van der Waals surface area contributed by atoms with E-state index in [1.54, 1.807) is 24.3 Å². The van der Waals surface area contributed by atoms with E-state index in [-0.39, 0.29) is 42.9 Å². The minimum absolute atomic E-state index is 0. The van der Waals surface area contributed by atoms with E-state index >= 15 is 0 Å². The monoisotopic (exact) mass is 415 g/mol. The third-order valence-electron chi connectivity index (χ3n) is 5.53. The number of aryl methyl sites for hydroxylation is 1. The average Bonchev–Trinajstić information content (AvgIpc) is 2.64. The van der Waals surface area contributed by atoms with Crippen molar-refractivity contribution in [2.24, 2.45) is 11.7 Å². The first kappa shape index (κ1) is 22.1. The molecule has 0 aromatic heterocycles. The molecule has 2 aliphatic rings. The summed E-state index contributed by atoms with van der Waals surface area (Å²) in [5.74, 6) is -0.297. The zero-order chi connectivity index (χ0) is 18.7. The smallest absolute Gasteiger partial charge is 0.243 e. The van der Waals surface area contributed by atoms with Crippen LogP contribution in [0.2, 0.25) is 0 Å². The van der Waals surface area contributed by atoms with Crippen molar-refractivity contribution in [2.75, 3.05) is 13.1 Å². The summed E-state index contributed by atoms with van der Waals surface area (Å²) in [6.45, 7) is 2.66. The highest BCUT2D eigenvalue weighted by Crippen LogP contribution is 2.25. The summed E-state index contributed by atoms with van der Waals surface area (Å²) in [4.78, 5) is 12.9. The molecule has 152 valence electrons. The lowest BCUT2D eigenvalue weighted by molar-refractivity contribution is -0.127. The maximum Gasteiger partial charge on any atom is 0.243 e. The van der Waals surface area contributed by atoms with Crippen LogP contribution < -0.4 is 11.1 Å². The van der Waals surface area contributed by atoms with Crippen molar-refractivity contribution in [3.8, 4) is 0 Å². The molecule has 1 saturated carbocycles. The van der Waals surface area contributed by atoms with Crippen LogP contribution in [0.5, 0.6) is 0 Å². The lowest BCUT2D eigenvalue weighted by Crippen LogP contribution is -2.48. The normalized spacial score (nSPS) is 26.8. The van der Waals surface area contributed by atoms with Gasteiger partial charge in [0.2, 0.25) is 15.9 Å². The van der Waals surface area contributed by atoms with Gasteiger partial charge in [-0.05, 0) is 57.6 Å². The number of carbonyl (C=O) groups excluding carboxylic acids is 1. The van der Waals surface area contributed by atoms with E-state index in [0.717, 1.165) is 37.7 Å². The first-order chi connectivity index (χ1) is 12.4. The molecule has 8 heteroatoms. The number of piperidine rings is 1. The van der Waals surface area contributed by atoms with Crippen molar-refractivity contribution in [3.05, 3.63) is 29.8 Å². The van der Waals surface area contributed by atoms with Crippen molar-refractivity contribution < 1.29 is 13.2 Å². The molecular formula is C19H30ClN3O3S. The first-order valence-corrected chi connectivity index (χ1v) is 10.9. The summed E-state index contributed by atoms with van der Waals surface area (Å²) in [5, 5.41) is 3.11. The number of benzene rings is 1. The lowest BCUT2D eigenvalue weighted by Gasteiger charge is -2.33. The van der Waals surface area contributed by atoms with Gasteiger partial charge in [-0.3, -0.25) is 4.79 Å². The van der Waals surface area contributed by atoms with E-state index in [4.69, 9.17) is 5.73 Å². The second kappa shape index (κ2) is 9.37. The Kier molecular flexibility index (Phi) is 7.68. The summed E-state index contributed by atoms with van der Waals surface area (Å²) in [6.07, 6.45) is 5.12. The quantitative estimate of drug-likeness (QED) is 0.788. The van der Waals surface area contributed by atoms with Crippen LogP contribution in [0.15, 0.2) is 29.2 Å². The molecule has 1 aromatic carbocycles. The molecule has 6 nitrogen and oxygen atoms in total. The fraction of sp³-hybridized carbons (Fsp3) is 0.632. The third-order valence-corrected chi connectivity index (χ3v) is 7.41. The van der Waals surface area contributed by atoms with Gasteiger partial charge < -0.3 is 11.1 Å². The Morgan fingerprint density at radius 2 is 1.74 bits per heavy atom. The molecule has 1 saturated heterocycles. The van der Waals surface area contributed by atoms with Crippen molar-refractivity contribution in [3.63, 3.8) is 0 Å². The molecule has 1 unspecified atom stereocenters. The first-order valence-electron chi connectivity index (χ1n) is 9.49. The Bertz CT molecular complexity index is 731. The molecule has 1 aliphatic carbocycles. The average molecular weight is 416 g/mol. The highest BCUT2D eigenvalue weighted by molar-refractivity contribution is 7.89. The minimum atomic E-state index is -3.55. The van der Waals surface area contributed by atoms with Gasteiger partial charge in [0.1, 0.15) is 0 Å². The number of nitrogens with zero attached hydrogens (tertiary/aromatic N) is 1. The molecule has 1 aliphatic heterocycles. The van der Waals surface area contributed by atoms with Crippen molar-refractivity contribution >= 4 is 28.3 Å². The van der Waals surface area contributed by atoms with Gasteiger partial charge in [0.25, 0.3) is 0 Å².